The monoisotopic (exact) mass is 683 g/mol. The minimum atomic E-state index is -3.00. The first-order valence-electron chi connectivity index (χ1n) is 17.1. The molecule has 12 nitrogen and oxygen atoms in total. The average molecular weight is 684 g/mol. The molecule has 4 aliphatic carbocycles. The number of hydrogen-bond donors (Lipinski definition) is 3. The Hall–Kier alpha value is -3.13. The van der Waals surface area contributed by atoms with Crippen molar-refractivity contribution in [3.05, 3.63) is 29.3 Å². The van der Waals surface area contributed by atoms with E-state index < -0.39 is 82.3 Å². The predicted molar refractivity (Wildman–Crippen MR) is 175 cm³/mol. The van der Waals surface area contributed by atoms with Gasteiger partial charge in [-0.3, -0.25) is 38.6 Å². The van der Waals surface area contributed by atoms with Crippen LogP contribution in [0.15, 0.2) is 18.2 Å². The fourth-order valence-corrected chi connectivity index (χ4v) is 10.4. The topological polar surface area (TPSA) is 171 Å². The maximum absolute atomic E-state index is 14.8. The molecule has 0 aromatic heterocycles. The quantitative estimate of drug-likeness (QED) is 0.255. The molecular weight excluding hydrogens is 638 g/mol. The number of esters is 1. The maximum Gasteiger partial charge on any atom is 0.305 e. The summed E-state index contributed by atoms with van der Waals surface area (Å²) >= 11 is 1.69. The lowest BCUT2D eigenvalue weighted by Crippen LogP contribution is -2.78. The molecule has 4 fully saturated rings. The number of hydrogen-bond acceptors (Lipinski definition) is 12. The highest BCUT2D eigenvalue weighted by atomic mass is 32.2. The number of benzene rings is 1. The number of ketones is 4. The van der Waals surface area contributed by atoms with Crippen LogP contribution >= 0.6 is 11.8 Å². The van der Waals surface area contributed by atoms with Crippen LogP contribution in [0.25, 0.3) is 0 Å². The van der Waals surface area contributed by atoms with Crippen molar-refractivity contribution in [2.45, 2.75) is 80.8 Å². The molecule has 1 saturated heterocycles. The lowest BCUT2D eigenvalue weighted by atomic mass is 9.49. The number of phenolic OH excluding ortho intramolecular Hbond substituents is 1. The number of aliphatic hydroxyl groups is 1. The van der Waals surface area contributed by atoms with Crippen LogP contribution in [0.3, 0.4) is 0 Å². The number of carbonyl (C=O) groups is 6. The highest BCUT2D eigenvalue weighted by Crippen LogP contribution is 2.56. The number of likely N-dealkylation sites (tertiary alicyclic amines) is 1. The number of fused-ring (bicyclic) bond motifs is 3. The lowest BCUT2D eigenvalue weighted by molar-refractivity contribution is -0.205. The summed E-state index contributed by atoms with van der Waals surface area (Å²) in [5, 5.41) is 26.4. The number of nitrogens with zero attached hydrogens (tertiary/aromatic N) is 2. The van der Waals surface area contributed by atoms with E-state index in [1.807, 2.05) is 4.90 Å². The Morgan fingerprint density at radius 3 is 2.40 bits per heavy atom. The summed E-state index contributed by atoms with van der Waals surface area (Å²) in [4.78, 5) is 87.9. The number of rotatable bonds is 9. The molecule has 1 aliphatic heterocycles. The molecule has 0 bridgehead atoms. The average Bonchev–Trinajstić information content (AvgIpc) is 3.78. The fourth-order valence-electron chi connectivity index (χ4n) is 8.83. The van der Waals surface area contributed by atoms with Crippen molar-refractivity contribution < 1.29 is 43.7 Å². The van der Waals surface area contributed by atoms with E-state index >= 15 is 0 Å². The first-order chi connectivity index (χ1) is 22.9. The summed E-state index contributed by atoms with van der Waals surface area (Å²) in [6.45, 7) is 3.15. The van der Waals surface area contributed by atoms with Crippen molar-refractivity contribution >= 4 is 46.8 Å². The number of thioether (sulfide) groups is 1. The van der Waals surface area contributed by atoms with Crippen LogP contribution in [0.2, 0.25) is 0 Å². The minimum Gasteiger partial charge on any atom is -0.507 e. The molecule has 0 spiro atoms. The molecule has 13 heteroatoms. The van der Waals surface area contributed by atoms with Gasteiger partial charge in [0.15, 0.2) is 34.7 Å². The normalized spacial score (nSPS) is 33.8. The summed E-state index contributed by atoms with van der Waals surface area (Å²) in [5.41, 5.74) is -2.56. The highest BCUT2D eigenvalue weighted by Gasteiger charge is 2.74. The number of nitrogens with one attached hydrogen (secondary N) is 1. The van der Waals surface area contributed by atoms with Gasteiger partial charge in [-0.15, -0.1) is 0 Å². The van der Waals surface area contributed by atoms with Crippen LogP contribution in [0.5, 0.6) is 5.75 Å². The molecule has 1 amide bonds. The zero-order chi connectivity index (χ0) is 34.5. The molecule has 1 heterocycles. The molecule has 1 aromatic rings. The first-order valence-corrected chi connectivity index (χ1v) is 18.1. The summed E-state index contributed by atoms with van der Waals surface area (Å²) < 4.78 is 6.06. The standard InChI is InChI=1S/C35H45N3O9S/c1-4-22(40)47-31-24-20(16-48-18-10-5-6-11-18)19-12-9-13-21(39)23(19)29(41)25(24)32(43)35(46)27(31)28(37(2)3)30(42)26(33(35)44)34(45)36-17-38-14-7-8-15-38/h9,12-13,18,20,24-28,31,39,46H,4-8,10-11,14-17H2,1-3H3,(H,36,45)/t20-,24+,25?,26?,27+,28-,31-,35-/m0/s1. The van der Waals surface area contributed by atoms with E-state index in [-0.39, 0.29) is 24.4 Å². The van der Waals surface area contributed by atoms with Gasteiger partial charge in [0.2, 0.25) is 5.91 Å². The molecule has 0 radical (unpaired) electrons. The number of phenols is 1. The smallest absolute Gasteiger partial charge is 0.305 e. The van der Waals surface area contributed by atoms with Crippen LogP contribution in [-0.2, 0) is 28.7 Å². The van der Waals surface area contributed by atoms with E-state index in [9.17, 15) is 39.0 Å². The molecular formula is C35H45N3O9S. The van der Waals surface area contributed by atoms with Gasteiger partial charge in [-0.05, 0) is 64.5 Å². The second kappa shape index (κ2) is 13.6. The molecule has 2 unspecified atom stereocenters. The lowest BCUT2D eigenvalue weighted by Gasteiger charge is -2.57. The van der Waals surface area contributed by atoms with Crippen LogP contribution in [0, 0.1) is 23.7 Å². The number of ether oxygens (including phenoxy) is 1. The van der Waals surface area contributed by atoms with E-state index in [0.29, 0.717) is 16.6 Å². The first kappa shape index (κ1) is 34.7. The predicted octanol–water partition coefficient (Wildman–Crippen LogP) is 1.70. The molecule has 3 saturated carbocycles. The third-order valence-electron chi connectivity index (χ3n) is 11.1. The molecule has 1 aromatic carbocycles. The van der Waals surface area contributed by atoms with Crippen LogP contribution < -0.4 is 5.32 Å². The van der Waals surface area contributed by atoms with Gasteiger partial charge >= 0.3 is 5.97 Å². The van der Waals surface area contributed by atoms with Gasteiger partial charge in [-0.1, -0.05) is 31.9 Å². The van der Waals surface area contributed by atoms with Crippen molar-refractivity contribution in [1.29, 1.82) is 0 Å². The molecule has 8 atom stereocenters. The summed E-state index contributed by atoms with van der Waals surface area (Å²) in [6, 6.07) is 3.31. The van der Waals surface area contributed by atoms with E-state index in [4.69, 9.17) is 4.74 Å². The molecule has 6 rings (SSSR count). The zero-order valence-corrected chi connectivity index (χ0v) is 28.5. The van der Waals surface area contributed by atoms with E-state index in [1.165, 1.54) is 11.0 Å². The number of amides is 1. The van der Waals surface area contributed by atoms with Gasteiger partial charge < -0.3 is 20.3 Å². The van der Waals surface area contributed by atoms with Gasteiger partial charge in [0.25, 0.3) is 0 Å². The summed E-state index contributed by atoms with van der Waals surface area (Å²) in [5.74, 6) is -12.4. The maximum atomic E-state index is 14.8. The number of carbonyl (C=O) groups excluding carboxylic acids is 6. The third kappa shape index (κ3) is 5.70. The van der Waals surface area contributed by atoms with Crippen LogP contribution in [-0.4, -0.2) is 118 Å². The SMILES string of the molecule is CCC(=O)O[C@H]1[C@H]2C(C(=O)c3c(O)cccc3[C@@H]2CSC2CCCC2)C(=O)[C@]2(O)C(=O)C(C(=O)NCN3CCCC3)C(=O)[C@@H](N(C)C)[C@H]12. The van der Waals surface area contributed by atoms with Crippen molar-refractivity contribution in [2.75, 3.05) is 39.6 Å². The van der Waals surface area contributed by atoms with Crippen LogP contribution in [0.1, 0.15) is 73.7 Å². The summed E-state index contributed by atoms with van der Waals surface area (Å²) in [6.07, 6.45) is 4.63. The second-order valence-corrected chi connectivity index (χ2v) is 15.4. The highest BCUT2D eigenvalue weighted by molar-refractivity contribution is 7.99. The van der Waals surface area contributed by atoms with Crippen molar-refractivity contribution in [1.82, 2.24) is 15.1 Å². The summed E-state index contributed by atoms with van der Waals surface area (Å²) in [7, 11) is 3.08. The molecule has 260 valence electrons. The van der Waals surface area contributed by atoms with Gasteiger partial charge in [0.05, 0.1) is 30.1 Å². The Bertz CT molecular complexity index is 1500. The van der Waals surface area contributed by atoms with Crippen molar-refractivity contribution in [3.8, 4) is 5.75 Å². The van der Waals surface area contributed by atoms with E-state index in [0.717, 1.165) is 51.6 Å². The number of likely N-dealkylation sites (N-methyl/N-ethyl adjacent to an activating group) is 1. The van der Waals surface area contributed by atoms with Gasteiger partial charge in [-0.2, -0.15) is 11.8 Å². The molecule has 3 N–H and O–H groups in total. The Labute approximate surface area is 284 Å². The fraction of sp³-hybridized carbons (Fsp3) is 0.657. The van der Waals surface area contributed by atoms with Crippen molar-refractivity contribution in [3.63, 3.8) is 0 Å². The Morgan fingerprint density at radius 2 is 1.75 bits per heavy atom. The molecule has 5 aliphatic rings. The van der Waals surface area contributed by atoms with Gasteiger partial charge in [0.1, 0.15) is 11.9 Å². The van der Waals surface area contributed by atoms with Crippen molar-refractivity contribution in [2.24, 2.45) is 23.7 Å². The van der Waals surface area contributed by atoms with E-state index in [1.54, 1.807) is 44.9 Å². The minimum absolute atomic E-state index is 0.0601. The number of aromatic hydroxyl groups is 1. The second-order valence-electron chi connectivity index (χ2n) is 14.1. The van der Waals surface area contributed by atoms with E-state index in [2.05, 4.69) is 5.32 Å². The largest absolute Gasteiger partial charge is 0.507 e. The Balaban J connectivity index is 1.48. The zero-order valence-electron chi connectivity index (χ0n) is 27.7. The third-order valence-corrected chi connectivity index (χ3v) is 12.6. The Morgan fingerprint density at radius 1 is 1.06 bits per heavy atom. The van der Waals surface area contributed by atoms with Crippen LogP contribution in [0.4, 0.5) is 0 Å². The molecule has 48 heavy (non-hydrogen) atoms. The van der Waals surface area contributed by atoms with Gasteiger partial charge in [-0.25, -0.2) is 0 Å². The Kier molecular flexibility index (Phi) is 9.87. The van der Waals surface area contributed by atoms with Gasteiger partial charge in [0, 0.05) is 29.3 Å². The number of Topliss-reactive ketones (excluding diaryl/α,β-unsaturated/α-hetero) is 4.